The van der Waals surface area contributed by atoms with Gasteiger partial charge < -0.3 is 14.8 Å². The predicted octanol–water partition coefficient (Wildman–Crippen LogP) is 6.70. The van der Waals surface area contributed by atoms with Crippen molar-refractivity contribution in [1.82, 2.24) is 24.7 Å². The van der Waals surface area contributed by atoms with Crippen molar-refractivity contribution in [3.8, 4) is 39.5 Å². The quantitative estimate of drug-likeness (QED) is 0.222. The number of nitrogens with zero attached hydrogens (tertiary/aromatic N) is 4. The van der Waals surface area contributed by atoms with Crippen LogP contribution in [0, 0.1) is 6.92 Å². The van der Waals surface area contributed by atoms with Crippen LogP contribution in [0.5, 0.6) is 5.75 Å². The van der Waals surface area contributed by atoms with Crippen molar-refractivity contribution < 1.29 is 9.84 Å². The number of ether oxygens (including phenoxy) is 1. The van der Waals surface area contributed by atoms with E-state index in [2.05, 4.69) is 20.1 Å². The minimum atomic E-state index is -0.772. The summed E-state index contributed by atoms with van der Waals surface area (Å²) in [6.45, 7) is 6.65. The first kappa shape index (κ1) is 25.7. The average molecular weight is 528 g/mol. The number of aliphatic hydroxyl groups is 1. The summed E-state index contributed by atoms with van der Waals surface area (Å²) in [5.41, 5.74) is 5.56. The summed E-state index contributed by atoms with van der Waals surface area (Å²) in [6.07, 6.45) is 7.80. The maximum Gasteiger partial charge on any atom is 0.161 e. The second kappa shape index (κ2) is 10.8. The minimum Gasteiger partial charge on any atom is -0.487 e. The zero-order valence-corrected chi connectivity index (χ0v) is 22.4. The molecule has 0 spiro atoms. The Morgan fingerprint density at radius 1 is 0.974 bits per heavy atom. The largest absolute Gasteiger partial charge is 0.487 e. The molecule has 3 heterocycles. The number of benzene rings is 2. The fourth-order valence-corrected chi connectivity index (χ4v) is 4.65. The molecule has 7 nitrogen and oxygen atoms in total. The summed E-state index contributed by atoms with van der Waals surface area (Å²) in [7, 11) is 0. The first-order chi connectivity index (χ1) is 18.3. The highest BCUT2D eigenvalue weighted by Crippen LogP contribution is 2.44. The number of H-pyrrole nitrogens is 1. The zero-order chi connectivity index (χ0) is 26.7. The smallest absolute Gasteiger partial charge is 0.161 e. The molecule has 0 fully saturated rings. The molecule has 0 unspecified atom stereocenters. The number of hydrogen-bond acceptors (Lipinski definition) is 5. The highest BCUT2D eigenvalue weighted by atomic mass is 35.5. The molecule has 0 amide bonds. The van der Waals surface area contributed by atoms with Crippen LogP contribution in [0.15, 0.2) is 79.4 Å². The number of aromatic amines is 1. The maximum atomic E-state index is 10.2. The summed E-state index contributed by atoms with van der Waals surface area (Å²) >= 11 is 6.92. The van der Waals surface area contributed by atoms with Gasteiger partial charge in [-0.05, 0) is 44.9 Å². The van der Waals surface area contributed by atoms with E-state index in [0.717, 1.165) is 39.2 Å². The Morgan fingerprint density at radius 3 is 2.47 bits per heavy atom. The molecule has 2 aromatic carbocycles. The van der Waals surface area contributed by atoms with Gasteiger partial charge in [-0.3, -0.25) is 4.68 Å². The van der Waals surface area contributed by atoms with Crippen LogP contribution in [0.25, 0.3) is 33.8 Å². The molecule has 5 rings (SSSR count). The summed E-state index contributed by atoms with van der Waals surface area (Å²) in [4.78, 5) is 12.6. The monoisotopic (exact) mass is 527 g/mol. The second-order valence-electron chi connectivity index (χ2n) is 9.85. The lowest BCUT2D eigenvalue weighted by Crippen LogP contribution is -2.21. The number of aromatic nitrogens is 5. The Bertz CT molecular complexity index is 1520. The van der Waals surface area contributed by atoms with E-state index in [-0.39, 0.29) is 0 Å². The van der Waals surface area contributed by atoms with Crippen molar-refractivity contribution >= 4 is 11.6 Å². The number of halogens is 1. The summed E-state index contributed by atoms with van der Waals surface area (Å²) in [5, 5.41) is 15.3. The lowest BCUT2D eigenvalue weighted by molar-refractivity contribution is 0.0649. The van der Waals surface area contributed by atoms with Crippen LogP contribution in [0.2, 0.25) is 5.02 Å². The molecule has 0 bridgehead atoms. The van der Waals surface area contributed by atoms with Crippen LogP contribution in [0.3, 0.4) is 0 Å². The van der Waals surface area contributed by atoms with Gasteiger partial charge in [0.2, 0.25) is 0 Å². The normalized spacial score (nSPS) is 11.6. The second-order valence-corrected chi connectivity index (χ2v) is 10.2. The van der Waals surface area contributed by atoms with Gasteiger partial charge >= 0.3 is 0 Å². The van der Waals surface area contributed by atoms with Crippen LogP contribution in [-0.2, 0) is 13.2 Å². The van der Waals surface area contributed by atoms with Gasteiger partial charge in [-0.1, -0.05) is 54.1 Å². The van der Waals surface area contributed by atoms with E-state index in [1.807, 2.05) is 72.5 Å². The maximum absolute atomic E-state index is 10.2. The third-order valence-electron chi connectivity index (χ3n) is 6.47. The molecule has 0 saturated carbocycles. The van der Waals surface area contributed by atoms with Gasteiger partial charge in [-0.2, -0.15) is 5.10 Å². The molecular formula is C30H30ClN5O2. The van der Waals surface area contributed by atoms with Gasteiger partial charge in [-0.15, -0.1) is 0 Å². The van der Waals surface area contributed by atoms with Gasteiger partial charge in [0, 0.05) is 47.5 Å². The zero-order valence-electron chi connectivity index (χ0n) is 21.6. The van der Waals surface area contributed by atoms with Crippen molar-refractivity contribution in [3.05, 3.63) is 95.7 Å². The third-order valence-corrected chi connectivity index (χ3v) is 6.86. The first-order valence-electron chi connectivity index (χ1n) is 12.5. The molecule has 0 aliphatic carbocycles. The van der Waals surface area contributed by atoms with E-state index in [1.165, 1.54) is 0 Å². The summed E-state index contributed by atoms with van der Waals surface area (Å²) < 4.78 is 8.00. The molecule has 194 valence electrons. The van der Waals surface area contributed by atoms with Gasteiger partial charge in [0.15, 0.2) is 5.82 Å². The van der Waals surface area contributed by atoms with Crippen LogP contribution < -0.4 is 4.74 Å². The number of hydrogen-bond donors (Lipinski definition) is 2. The molecule has 0 radical (unpaired) electrons. The molecule has 2 N–H and O–H groups in total. The van der Waals surface area contributed by atoms with E-state index < -0.39 is 5.60 Å². The van der Waals surface area contributed by atoms with Gasteiger partial charge in [0.05, 0.1) is 28.1 Å². The van der Waals surface area contributed by atoms with Gasteiger partial charge in [0.25, 0.3) is 0 Å². The van der Waals surface area contributed by atoms with Gasteiger partial charge in [0.1, 0.15) is 12.4 Å². The number of nitrogens with one attached hydrogen (secondary N) is 1. The number of aryl methyl sites for hydroxylation is 1. The minimum absolute atomic E-state index is 0.417. The molecule has 0 aliphatic heterocycles. The van der Waals surface area contributed by atoms with Gasteiger partial charge in [-0.25, -0.2) is 9.97 Å². The van der Waals surface area contributed by atoms with E-state index in [0.29, 0.717) is 36.2 Å². The Hall–Kier alpha value is -3.94. The predicted molar refractivity (Wildman–Crippen MR) is 150 cm³/mol. The lowest BCUT2D eigenvalue weighted by Gasteiger charge is -2.17. The third kappa shape index (κ3) is 5.49. The molecule has 0 atom stereocenters. The highest BCUT2D eigenvalue weighted by Gasteiger charge is 2.24. The Balaban J connectivity index is 1.55. The standard InChI is InChI=1S/C30H30ClN5O2/c1-20-23(18-35-36(20)16-13-30(2,3)37)28-26(29-32-14-8-15-33-29)24(17-34-28)22-11-7-12-25(27(22)31)38-19-21-9-5-4-6-10-21/h4-12,14-15,17-18,34,37H,13,16,19H2,1-3H3. The average Bonchev–Trinajstić information content (AvgIpc) is 3.50. The molecule has 5 aromatic rings. The van der Waals surface area contributed by atoms with E-state index >= 15 is 0 Å². The Morgan fingerprint density at radius 2 is 1.74 bits per heavy atom. The molecule has 0 saturated heterocycles. The fraction of sp³-hybridized carbons (Fsp3) is 0.233. The van der Waals surface area contributed by atoms with Crippen molar-refractivity contribution in [2.24, 2.45) is 0 Å². The lowest BCUT2D eigenvalue weighted by atomic mass is 9.99. The van der Waals surface area contributed by atoms with E-state index in [9.17, 15) is 5.11 Å². The van der Waals surface area contributed by atoms with Crippen LogP contribution >= 0.6 is 11.6 Å². The molecule has 0 aliphatic rings. The molecule has 3 aromatic heterocycles. The number of rotatable bonds is 9. The topological polar surface area (TPSA) is 88.9 Å². The molecule has 38 heavy (non-hydrogen) atoms. The summed E-state index contributed by atoms with van der Waals surface area (Å²) in [5.74, 6) is 1.18. The van der Waals surface area contributed by atoms with E-state index in [4.69, 9.17) is 16.3 Å². The SMILES string of the molecule is Cc1c(-c2[nH]cc(-c3cccc(OCc4ccccc4)c3Cl)c2-c2ncccn2)cnn1CCC(C)(C)O. The fourth-order valence-electron chi connectivity index (χ4n) is 4.37. The van der Waals surface area contributed by atoms with Crippen LogP contribution in [0.4, 0.5) is 0 Å². The van der Waals surface area contributed by atoms with Crippen molar-refractivity contribution in [3.63, 3.8) is 0 Å². The molecule has 8 heteroatoms. The van der Waals surface area contributed by atoms with E-state index in [1.54, 1.807) is 32.3 Å². The van der Waals surface area contributed by atoms with Crippen LogP contribution in [0.1, 0.15) is 31.5 Å². The van der Waals surface area contributed by atoms with Crippen molar-refractivity contribution in [2.45, 2.75) is 45.9 Å². The Labute approximate surface area is 227 Å². The summed E-state index contributed by atoms with van der Waals surface area (Å²) in [6, 6.07) is 17.6. The highest BCUT2D eigenvalue weighted by molar-refractivity contribution is 6.35. The van der Waals surface area contributed by atoms with Crippen molar-refractivity contribution in [1.29, 1.82) is 0 Å². The first-order valence-corrected chi connectivity index (χ1v) is 12.9. The van der Waals surface area contributed by atoms with Crippen LogP contribution in [-0.4, -0.2) is 35.4 Å². The Kier molecular flexibility index (Phi) is 7.31. The van der Waals surface area contributed by atoms with Crippen molar-refractivity contribution in [2.75, 3.05) is 0 Å². The molecular weight excluding hydrogens is 498 g/mol.